The fourth-order valence-corrected chi connectivity index (χ4v) is 2.65. The molecule has 0 aliphatic carbocycles. The van der Waals surface area contributed by atoms with E-state index in [1.54, 1.807) is 0 Å². The van der Waals surface area contributed by atoms with E-state index in [-0.39, 0.29) is 5.91 Å². The number of aromatic amines is 1. The molecule has 0 radical (unpaired) electrons. The van der Waals surface area contributed by atoms with Crippen molar-refractivity contribution in [1.29, 1.82) is 0 Å². The Kier molecular flexibility index (Phi) is 2.86. The number of carbonyl (C=O) groups is 1. The van der Waals surface area contributed by atoms with Gasteiger partial charge in [-0.15, -0.1) is 0 Å². The maximum Gasteiger partial charge on any atom is 0.259 e. The van der Waals surface area contributed by atoms with Gasteiger partial charge in [0.1, 0.15) is 11.4 Å². The zero-order valence-electron chi connectivity index (χ0n) is 8.56. The molecule has 1 fully saturated rings. The fraction of sp³-hybridized carbons (Fsp3) is 0.556. The third-order valence-electron chi connectivity index (χ3n) is 2.43. The van der Waals surface area contributed by atoms with Crippen LogP contribution in [0.3, 0.4) is 0 Å². The highest BCUT2D eigenvalue weighted by atomic mass is 32.2. The molecule has 1 aliphatic rings. The lowest BCUT2D eigenvalue weighted by Crippen LogP contribution is -2.41. The summed E-state index contributed by atoms with van der Waals surface area (Å²) in [6.07, 6.45) is 1.49. The van der Waals surface area contributed by atoms with E-state index in [1.807, 2.05) is 16.7 Å². The topological polar surface area (TPSA) is 75.0 Å². The second-order valence-electron chi connectivity index (χ2n) is 3.63. The van der Waals surface area contributed by atoms with Gasteiger partial charge in [0.15, 0.2) is 0 Å². The number of carbonyl (C=O) groups excluding carboxylic acids is 1. The number of nitrogens with one attached hydrogen (secondary N) is 1. The average molecular weight is 226 g/mol. The summed E-state index contributed by atoms with van der Waals surface area (Å²) in [7, 11) is 0. The Hall–Kier alpha value is -1.17. The van der Waals surface area contributed by atoms with Crippen LogP contribution in [0.2, 0.25) is 0 Å². The van der Waals surface area contributed by atoms with E-state index in [0.717, 1.165) is 18.8 Å². The van der Waals surface area contributed by atoms with Crippen LogP contribution in [-0.4, -0.2) is 45.1 Å². The van der Waals surface area contributed by atoms with Crippen LogP contribution in [0.5, 0.6) is 0 Å². The molecule has 1 aromatic rings. The van der Waals surface area contributed by atoms with Gasteiger partial charge in [0.2, 0.25) is 0 Å². The molecule has 2 rings (SSSR count). The molecule has 3 N–H and O–H groups in total. The molecule has 1 saturated heterocycles. The summed E-state index contributed by atoms with van der Waals surface area (Å²) in [5, 5.41) is 6.82. The molecule has 6 heteroatoms. The first kappa shape index (κ1) is 10.4. The highest BCUT2D eigenvalue weighted by Gasteiger charge is 2.24. The van der Waals surface area contributed by atoms with Gasteiger partial charge >= 0.3 is 0 Å². The van der Waals surface area contributed by atoms with Crippen molar-refractivity contribution in [2.45, 2.75) is 12.2 Å². The first-order chi connectivity index (χ1) is 7.18. The third-order valence-corrected chi connectivity index (χ3v) is 3.56. The van der Waals surface area contributed by atoms with Gasteiger partial charge in [0.25, 0.3) is 5.91 Å². The smallest absolute Gasteiger partial charge is 0.259 e. The molecule has 1 atom stereocenters. The summed E-state index contributed by atoms with van der Waals surface area (Å²) >= 11 is 1.89. The fourth-order valence-electron chi connectivity index (χ4n) is 1.64. The molecule has 1 aliphatic heterocycles. The molecule has 82 valence electrons. The van der Waals surface area contributed by atoms with Crippen LogP contribution in [0.1, 0.15) is 17.3 Å². The molecule has 1 aromatic heterocycles. The van der Waals surface area contributed by atoms with Crippen molar-refractivity contribution in [3.63, 3.8) is 0 Å². The molecule has 1 amide bonds. The van der Waals surface area contributed by atoms with Crippen molar-refractivity contribution in [3.8, 4) is 0 Å². The SMILES string of the molecule is CC1CN(C(=O)c2cn[nH]c2N)CCS1. The summed E-state index contributed by atoms with van der Waals surface area (Å²) < 4.78 is 0. The van der Waals surface area contributed by atoms with Gasteiger partial charge in [-0.1, -0.05) is 6.92 Å². The maximum absolute atomic E-state index is 12.0. The van der Waals surface area contributed by atoms with Crippen LogP contribution in [0.15, 0.2) is 6.20 Å². The number of thioether (sulfide) groups is 1. The van der Waals surface area contributed by atoms with Crippen LogP contribution in [0.4, 0.5) is 5.82 Å². The summed E-state index contributed by atoms with van der Waals surface area (Å²) in [5.41, 5.74) is 6.09. The number of hydrogen-bond acceptors (Lipinski definition) is 4. The highest BCUT2D eigenvalue weighted by Crippen LogP contribution is 2.20. The lowest BCUT2D eigenvalue weighted by atomic mass is 10.2. The lowest BCUT2D eigenvalue weighted by Gasteiger charge is -2.30. The van der Waals surface area contributed by atoms with Gasteiger partial charge in [0.05, 0.1) is 6.20 Å². The molecule has 0 saturated carbocycles. The van der Waals surface area contributed by atoms with Crippen LogP contribution >= 0.6 is 11.8 Å². The minimum absolute atomic E-state index is 0.0200. The number of amides is 1. The van der Waals surface area contributed by atoms with Gasteiger partial charge in [-0.2, -0.15) is 16.9 Å². The number of nitrogens with zero attached hydrogens (tertiary/aromatic N) is 2. The van der Waals surface area contributed by atoms with Crippen molar-refractivity contribution in [1.82, 2.24) is 15.1 Å². The predicted octanol–water partition coefficient (Wildman–Crippen LogP) is 0.569. The van der Waals surface area contributed by atoms with Crippen molar-refractivity contribution in [2.24, 2.45) is 0 Å². The van der Waals surface area contributed by atoms with Crippen molar-refractivity contribution < 1.29 is 4.79 Å². The number of aromatic nitrogens is 2. The number of hydrogen-bond donors (Lipinski definition) is 2. The number of nitrogens with two attached hydrogens (primary N) is 1. The minimum Gasteiger partial charge on any atom is -0.383 e. The normalized spacial score (nSPS) is 21.7. The lowest BCUT2D eigenvalue weighted by molar-refractivity contribution is 0.0764. The molecule has 0 spiro atoms. The van der Waals surface area contributed by atoms with Crippen LogP contribution < -0.4 is 5.73 Å². The molecule has 0 aromatic carbocycles. The Morgan fingerprint density at radius 1 is 1.80 bits per heavy atom. The van der Waals surface area contributed by atoms with Gasteiger partial charge in [0, 0.05) is 24.1 Å². The second kappa shape index (κ2) is 4.14. The van der Waals surface area contributed by atoms with E-state index in [9.17, 15) is 4.79 Å². The van der Waals surface area contributed by atoms with E-state index in [2.05, 4.69) is 17.1 Å². The van der Waals surface area contributed by atoms with Crippen molar-refractivity contribution >= 4 is 23.5 Å². The standard InChI is InChI=1S/C9H14N4OS/c1-6-5-13(2-3-15-6)9(14)7-4-11-12-8(7)10/h4,6H,2-3,5H2,1H3,(H3,10,11,12). The number of nitrogen functional groups attached to an aromatic ring is 1. The van der Waals surface area contributed by atoms with Gasteiger partial charge in [-0.3, -0.25) is 9.89 Å². The van der Waals surface area contributed by atoms with Gasteiger partial charge < -0.3 is 10.6 Å². The van der Waals surface area contributed by atoms with Crippen LogP contribution in [0.25, 0.3) is 0 Å². The van der Waals surface area contributed by atoms with Crippen LogP contribution in [0, 0.1) is 0 Å². The molecule has 5 nitrogen and oxygen atoms in total. The van der Waals surface area contributed by atoms with Gasteiger partial charge in [-0.05, 0) is 0 Å². The minimum atomic E-state index is -0.0200. The molecule has 15 heavy (non-hydrogen) atoms. The second-order valence-corrected chi connectivity index (χ2v) is 5.18. The number of anilines is 1. The first-order valence-corrected chi connectivity index (χ1v) is 5.93. The summed E-state index contributed by atoms with van der Waals surface area (Å²) in [6.45, 7) is 3.70. The summed E-state index contributed by atoms with van der Waals surface area (Å²) in [5.74, 6) is 1.32. The number of rotatable bonds is 1. The highest BCUT2D eigenvalue weighted by molar-refractivity contribution is 7.99. The van der Waals surface area contributed by atoms with Crippen molar-refractivity contribution in [3.05, 3.63) is 11.8 Å². The zero-order chi connectivity index (χ0) is 10.8. The molecule has 2 heterocycles. The Morgan fingerprint density at radius 3 is 3.20 bits per heavy atom. The van der Waals surface area contributed by atoms with E-state index in [0.29, 0.717) is 16.6 Å². The molecule has 0 bridgehead atoms. The van der Waals surface area contributed by atoms with Crippen molar-refractivity contribution in [2.75, 3.05) is 24.6 Å². The Bertz CT molecular complexity index is 365. The monoisotopic (exact) mass is 226 g/mol. The number of H-pyrrole nitrogens is 1. The third kappa shape index (κ3) is 2.09. The average Bonchev–Trinajstić information content (AvgIpc) is 2.63. The molecular formula is C9H14N4OS. The Labute approximate surface area is 92.4 Å². The van der Waals surface area contributed by atoms with Crippen LogP contribution in [-0.2, 0) is 0 Å². The zero-order valence-corrected chi connectivity index (χ0v) is 9.38. The quantitative estimate of drug-likeness (QED) is 0.734. The van der Waals surface area contributed by atoms with E-state index in [1.165, 1.54) is 6.20 Å². The maximum atomic E-state index is 12.0. The summed E-state index contributed by atoms with van der Waals surface area (Å²) in [6, 6.07) is 0. The Morgan fingerprint density at radius 2 is 2.60 bits per heavy atom. The largest absolute Gasteiger partial charge is 0.383 e. The molecule has 1 unspecified atom stereocenters. The van der Waals surface area contributed by atoms with Gasteiger partial charge in [-0.25, -0.2) is 0 Å². The van der Waals surface area contributed by atoms with E-state index in [4.69, 9.17) is 5.73 Å². The molecular weight excluding hydrogens is 212 g/mol. The van der Waals surface area contributed by atoms with E-state index < -0.39 is 0 Å². The van der Waals surface area contributed by atoms with E-state index >= 15 is 0 Å². The predicted molar refractivity (Wildman–Crippen MR) is 60.8 cm³/mol. The Balaban J connectivity index is 2.11. The summed E-state index contributed by atoms with van der Waals surface area (Å²) in [4.78, 5) is 13.8. The first-order valence-electron chi connectivity index (χ1n) is 4.88.